The zero-order valence-corrected chi connectivity index (χ0v) is 11.0. The van der Waals surface area contributed by atoms with E-state index in [-0.39, 0.29) is 0 Å². The Bertz CT molecular complexity index is 420. The van der Waals surface area contributed by atoms with Crippen LogP contribution in [0.15, 0.2) is 24.3 Å². The van der Waals surface area contributed by atoms with E-state index in [4.69, 9.17) is 5.26 Å². The van der Waals surface area contributed by atoms with Crippen LogP contribution < -0.4 is 0 Å². The molecule has 0 atom stereocenters. The van der Waals surface area contributed by atoms with Gasteiger partial charge in [-0.1, -0.05) is 25.2 Å². The molecule has 2 nitrogen and oxygen atoms in total. The van der Waals surface area contributed by atoms with E-state index in [0.29, 0.717) is 0 Å². The number of hydrogen-bond donors (Lipinski definition) is 0. The van der Waals surface area contributed by atoms with Gasteiger partial charge in [0.05, 0.1) is 11.6 Å². The van der Waals surface area contributed by atoms with Gasteiger partial charge in [0.25, 0.3) is 0 Å². The molecule has 2 rings (SSSR count). The second kappa shape index (κ2) is 4.40. The maximum Gasteiger partial charge on any atom is 0.122 e. The highest BCUT2D eigenvalue weighted by molar-refractivity contribution is 6.75. The van der Waals surface area contributed by atoms with Gasteiger partial charge >= 0.3 is 0 Å². The van der Waals surface area contributed by atoms with Crippen LogP contribution in [0.3, 0.4) is 0 Å². The highest BCUT2D eigenvalue weighted by atomic mass is 28.3. The molecule has 0 saturated carbocycles. The SMILES string of the molecule is C[Si]1(C)CCCN1Cc1cccc(C#N)c1. The molecule has 1 aliphatic rings. The second-order valence-corrected chi connectivity index (χ2v) is 9.91. The minimum absolute atomic E-state index is 0.774. The molecule has 0 amide bonds. The lowest BCUT2D eigenvalue weighted by Gasteiger charge is -2.29. The lowest BCUT2D eigenvalue weighted by molar-refractivity contribution is 0.452. The molecule has 0 unspecified atom stereocenters. The Hall–Kier alpha value is -1.11. The Kier molecular flexibility index (Phi) is 3.13. The van der Waals surface area contributed by atoms with E-state index in [9.17, 15) is 0 Å². The van der Waals surface area contributed by atoms with Gasteiger partial charge in [-0.2, -0.15) is 5.26 Å². The summed E-state index contributed by atoms with van der Waals surface area (Å²) in [7, 11) is -1.13. The van der Waals surface area contributed by atoms with E-state index >= 15 is 0 Å². The van der Waals surface area contributed by atoms with Gasteiger partial charge in [-0.15, -0.1) is 0 Å². The van der Waals surface area contributed by atoms with Crippen LogP contribution in [0, 0.1) is 11.3 Å². The molecule has 0 aliphatic carbocycles. The van der Waals surface area contributed by atoms with Gasteiger partial charge in [0, 0.05) is 6.54 Å². The summed E-state index contributed by atoms with van der Waals surface area (Å²) < 4.78 is 2.64. The molecule has 0 aromatic heterocycles. The van der Waals surface area contributed by atoms with Gasteiger partial charge in [0.2, 0.25) is 0 Å². The van der Waals surface area contributed by atoms with Crippen molar-refractivity contribution in [1.82, 2.24) is 4.57 Å². The molecule has 1 aromatic rings. The number of hydrogen-bond acceptors (Lipinski definition) is 2. The van der Waals surface area contributed by atoms with Crippen molar-refractivity contribution < 1.29 is 0 Å². The first-order valence-corrected chi connectivity index (χ1v) is 9.01. The summed E-state index contributed by atoms with van der Waals surface area (Å²) in [5.74, 6) is 0. The molecule has 1 aromatic carbocycles. The van der Waals surface area contributed by atoms with Gasteiger partial charge in [-0.05, 0) is 36.7 Å². The van der Waals surface area contributed by atoms with Crippen molar-refractivity contribution in [1.29, 1.82) is 5.26 Å². The van der Waals surface area contributed by atoms with Crippen molar-refractivity contribution in [3.8, 4) is 6.07 Å². The first-order valence-electron chi connectivity index (χ1n) is 5.86. The third kappa shape index (κ3) is 2.34. The molecule has 1 heterocycles. The fourth-order valence-corrected chi connectivity index (χ4v) is 5.13. The Morgan fingerprint density at radius 2 is 2.25 bits per heavy atom. The molecule has 1 saturated heterocycles. The molecular weight excluding hydrogens is 212 g/mol. The average molecular weight is 230 g/mol. The smallest absolute Gasteiger partial charge is 0.122 e. The average Bonchev–Trinajstić information content (AvgIpc) is 2.59. The van der Waals surface area contributed by atoms with Crippen molar-refractivity contribution in [3.05, 3.63) is 35.4 Å². The fraction of sp³-hybridized carbons (Fsp3) is 0.462. The first-order chi connectivity index (χ1) is 7.62. The summed E-state index contributed by atoms with van der Waals surface area (Å²) in [4.78, 5) is 0. The van der Waals surface area contributed by atoms with Crippen LogP contribution in [0.4, 0.5) is 0 Å². The van der Waals surface area contributed by atoms with E-state index in [2.05, 4.69) is 29.8 Å². The minimum atomic E-state index is -1.13. The number of nitriles is 1. The number of benzene rings is 1. The third-order valence-corrected chi connectivity index (χ3v) is 7.17. The van der Waals surface area contributed by atoms with Gasteiger partial charge in [0.1, 0.15) is 8.24 Å². The topological polar surface area (TPSA) is 27.0 Å². The maximum absolute atomic E-state index is 8.87. The van der Waals surface area contributed by atoms with Crippen LogP contribution in [0.5, 0.6) is 0 Å². The van der Waals surface area contributed by atoms with Crippen LogP contribution in [-0.2, 0) is 6.54 Å². The van der Waals surface area contributed by atoms with E-state index in [1.165, 1.54) is 24.6 Å². The second-order valence-electron chi connectivity index (χ2n) is 5.15. The van der Waals surface area contributed by atoms with Crippen LogP contribution >= 0.6 is 0 Å². The van der Waals surface area contributed by atoms with E-state index in [1.807, 2.05) is 18.2 Å². The predicted octanol–water partition coefficient (Wildman–Crippen LogP) is 2.97. The molecular formula is C13H18N2Si. The van der Waals surface area contributed by atoms with Crippen molar-refractivity contribution in [3.63, 3.8) is 0 Å². The standard InChI is InChI=1S/C13H18N2Si/c1-16(2)8-4-7-15(16)11-13-6-3-5-12(9-13)10-14/h3,5-6,9H,4,7-8,11H2,1-2H3. The zero-order chi connectivity index (χ0) is 11.6. The third-order valence-electron chi connectivity index (χ3n) is 3.50. The Balaban J connectivity index is 2.12. The lowest BCUT2D eigenvalue weighted by atomic mass is 10.1. The Labute approximate surface area is 98.6 Å². The van der Waals surface area contributed by atoms with Crippen molar-refractivity contribution >= 4 is 8.24 Å². The van der Waals surface area contributed by atoms with E-state index in [1.54, 1.807) is 0 Å². The molecule has 0 radical (unpaired) electrons. The largest absolute Gasteiger partial charge is 0.320 e. The molecule has 3 heteroatoms. The summed E-state index contributed by atoms with van der Waals surface area (Å²) in [6.45, 7) is 7.13. The monoisotopic (exact) mass is 230 g/mol. The summed E-state index contributed by atoms with van der Waals surface area (Å²) in [5.41, 5.74) is 2.05. The normalized spacial score (nSPS) is 19.6. The molecule has 0 N–H and O–H groups in total. The Morgan fingerprint density at radius 3 is 2.88 bits per heavy atom. The fourth-order valence-electron chi connectivity index (χ4n) is 2.42. The van der Waals surface area contributed by atoms with Crippen molar-refractivity contribution in [2.45, 2.75) is 32.1 Å². The molecule has 84 valence electrons. The van der Waals surface area contributed by atoms with Crippen LogP contribution in [0.25, 0.3) is 0 Å². The minimum Gasteiger partial charge on any atom is -0.320 e. The van der Waals surface area contributed by atoms with Crippen LogP contribution in [0.2, 0.25) is 19.1 Å². The van der Waals surface area contributed by atoms with Crippen LogP contribution in [0.1, 0.15) is 17.5 Å². The van der Waals surface area contributed by atoms with Crippen molar-refractivity contribution in [2.24, 2.45) is 0 Å². The summed E-state index contributed by atoms with van der Waals surface area (Å²) in [6, 6.07) is 11.6. The molecule has 1 aliphatic heterocycles. The summed E-state index contributed by atoms with van der Waals surface area (Å²) >= 11 is 0. The van der Waals surface area contributed by atoms with Crippen LogP contribution in [-0.4, -0.2) is 19.3 Å². The lowest BCUT2D eigenvalue weighted by Crippen LogP contribution is -2.42. The van der Waals surface area contributed by atoms with E-state index < -0.39 is 8.24 Å². The molecule has 16 heavy (non-hydrogen) atoms. The molecule has 0 bridgehead atoms. The number of nitrogens with zero attached hydrogens (tertiary/aromatic N) is 2. The van der Waals surface area contributed by atoms with Gasteiger partial charge in [0.15, 0.2) is 0 Å². The van der Waals surface area contributed by atoms with Crippen molar-refractivity contribution in [2.75, 3.05) is 6.54 Å². The maximum atomic E-state index is 8.87. The molecule has 1 fully saturated rings. The van der Waals surface area contributed by atoms with Gasteiger partial charge < -0.3 is 4.57 Å². The zero-order valence-electron chi connectivity index (χ0n) is 10.0. The number of rotatable bonds is 2. The first kappa shape index (κ1) is 11.4. The quantitative estimate of drug-likeness (QED) is 0.730. The van der Waals surface area contributed by atoms with Gasteiger partial charge in [-0.3, -0.25) is 0 Å². The summed E-state index contributed by atoms with van der Waals surface area (Å²) in [6.07, 6.45) is 1.34. The predicted molar refractivity (Wildman–Crippen MR) is 68.5 cm³/mol. The highest BCUT2D eigenvalue weighted by Gasteiger charge is 2.33. The Morgan fingerprint density at radius 1 is 1.44 bits per heavy atom. The van der Waals surface area contributed by atoms with Gasteiger partial charge in [-0.25, -0.2) is 0 Å². The summed E-state index contributed by atoms with van der Waals surface area (Å²) in [5, 5.41) is 8.87. The highest BCUT2D eigenvalue weighted by Crippen LogP contribution is 2.27. The van der Waals surface area contributed by atoms with E-state index in [0.717, 1.165) is 12.1 Å². The molecule has 0 spiro atoms.